The molecule has 2 aromatic heterocycles. The number of thioether (sulfide) groups is 1. The Balaban J connectivity index is 1.72. The Labute approximate surface area is 208 Å². The largest absolute Gasteiger partial charge is 0.465 e. The summed E-state index contributed by atoms with van der Waals surface area (Å²) in [6.45, 7) is 9.33. The first-order valence-electron chi connectivity index (χ1n) is 11.9. The van der Waals surface area contributed by atoms with Crippen LogP contribution < -0.4 is 5.56 Å². The van der Waals surface area contributed by atoms with Crippen LogP contribution in [0.1, 0.15) is 56.0 Å². The molecule has 4 rings (SSSR count). The molecule has 0 saturated heterocycles. The summed E-state index contributed by atoms with van der Waals surface area (Å²) in [6, 6.07) is 7.82. The first kappa shape index (κ1) is 24.9. The molecule has 1 aromatic carbocycles. The van der Waals surface area contributed by atoms with Gasteiger partial charge in [-0.2, -0.15) is 0 Å². The summed E-state index contributed by atoms with van der Waals surface area (Å²) in [6.07, 6.45) is 3.79. The predicted octanol–water partition coefficient (Wildman–Crippen LogP) is 5.68. The smallest absolute Gasteiger partial charge is 0.316 e. The van der Waals surface area contributed by atoms with Crippen molar-refractivity contribution in [1.29, 1.82) is 0 Å². The van der Waals surface area contributed by atoms with Gasteiger partial charge in [0.25, 0.3) is 5.56 Å². The molecule has 0 fully saturated rings. The zero-order valence-electron chi connectivity index (χ0n) is 20.3. The number of thiophene rings is 1. The molecule has 0 spiro atoms. The van der Waals surface area contributed by atoms with Crippen molar-refractivity contribution in [2.45, 2.75) is 71.2 Å². The topological polar surface area (TPSA) is 70.4 Å². The van der Waals surface area contributed by atoms with Gasteiger partial charge >= 0.3 is 5.97 Å². The van der Waals surface area contributed by atoms with Gasteiger partial charge in [-0.3, -0.25) is 14.2 Å². The third-order valence-electron chi connectivity index (χ3n) is 6.04. The van der Waals surface area contributed by atoms with Crippen molar-refractivity contribution in [3.63, 3.8) is 0 Å². The molecule has 1 atom stereocenters. The monoisotopic (exact) mass is 500 g/mol. The van der Waals surface area contributed by atoms with Crippen molar-refractivity contribution in [2.75, 3.05) is 12.4 Å². The minimum atomic E-state index is -0.287. The van der Waals surface area contributed by atoms with Gasteiger partial charge in [0.15, 0.2) is 5.16 Å². The van der Waals surface area contributed by atoms with E-state index in [1.165, 1.54) is 23.1 Å². The molecule has 0 unspecified atom stereocenters. The van der Waals surface area contributed by atoms with Gasteiger partial charge in [-0.1, -0.05) is 57.5 Å². The summed E-state index contributed by atoms with van der Waals surface area (Å²) in [5.74, 6) is 0.192. The maximum Gasteiger partial charge on any atom is 0.316 e. The summed E-state index contributed by atoms with van der Waals surface area (Å²) in [5, 5.41) is 1.19. The highest BCUT2D eigenvalue weighted by molar-refractivity contribution is 7.99. The molecule has 1 aliphatic rings. The first-order valence-corrected chi connectivity index (χ1v) is 13.7. The van der Waals surface area contributed by atoms with Crippen LogP contribution in [0.15, 0.2) is 34.2 Å². The van der Waals surface area contributed by atoms with Crippen LogP contribution in [-0.2, 0) is 27.3 Å². The molecular weight excluding hydrogens is 468 g/mol. The zero-order valence-corrected chi connectivity index (χ0v) is 21.9. The van der Waals surface area contributed by atoms with Gasteiger partial charge < -0.3 is 9.47 Å². The SMILES string of the molecule is CCCCCOC(=O)CSc1nc2sc3c(c2c(=O)n1-c1cccc(C)c1)C[C@H](C(C)C)OC3. The fourth-order valence-electron chi connectivity index (χ4n) is 4.13. The highest BCUT2D eigenvalue weighted by atomic mass is 32.2. The maximum atomic E-state index is 13.9. The molecule has 0 radical (unpaired) electrons. The Morgan fingerprint density at radius 3 is 2.91 bits per heavy atom. The molecule has 6 nitrogen and oxygen atoms in total. The standard InChI is InChI=1S/C26H32N2O4S2/c1-5-6-7-11-31-22(29)15-33-26-27-24-23(19-13-20(16(2)3)32-14-21(19)34-24)25(30)28(26)18-10-8-9-17(4)12-18/h8-10,12,16,20H,5-7,11,13-15H2,1-4H3/t20-/m1/s1. The fourth-order valence-corrected chi connectivity index (χ4v) is 6.11. The van der Waals surface area contributed by atoms with Crippen LogP contribution in [0.2, 0.25) is 0 Å². The lowest BCUT2D eigenvalue weighted by Crippen LogP contribution is -2.28. The van der Waals surface area contributed by atoms with E-state index in [4.69, 9.17) is 14.5 Å². The van der Waals surface area contributed by atoms with Crippen LogP contribution in [-0.4, -0.2) is 34.0 Å². The lowest BCUT2D eigenvalue weighted by molar-refractivity contribution is -0.140. The minimum absolute atomic E-state index is 0.0867. The van der Waals surface area contributed by atoms with Gasteiger partial charge in [-0.05, 0) is 42.5 Å². The van der Waals surface area contributed by atoms with Crippen molar-refractivity contribution >= 4 is 39.3 Å². The first-order chi connectivity index (χ1) is 16.4. The summed E-state index contributed by atoms with van der Waals surface area (Å²) in [7, 11) is 0. The van der Waals surface area contributed by atoms with E-state index in [0.717, 1.165) is 41.0 Å². The van der Waals surface area contributed by atoms with Crippen LogP contribution in [0.4, 0.5) is 0 Å². The van der Waals surface area contributed by atoms with Crippen molar-refractivity contribution < 1.29 is 14.3 Å². The number of ether oxygens (including phenoxy) is 2. The van der Waals surface area contributed by atoms with Gasteiger partial charge in [0.05, 0.1) is 36.1 Å². The minimum Gasteiger partial charge on any atom is -0.465 e. The van der Waals surface area contributed by atoms with E-state index < -0.39 is 0 Å². The van der Waals surface area contributed by atoms with Gasteiger partial charge in [-0.25, -0.2) is 4.98 Å². The Morgan fingerprint density at radius 1 is 1.35 bits per heavy atom. The molecule has 0 N–H and O–H groups in total. The number of esters is 1. The van der Waals surface area contributed by atoms with Crippen LogP contribution in [0, 0.1) is 12.8 Å². The number of fused-ring (bicyclic) bond motifs is 3. The van der Waals surface area contributed by atoms with E-state index in [1.54, 1.807) is 4.57 Å². The van der Waals surface area contributed by atoms with Gasteiger partial charge in [0.1, 0.15) is 4.83 Å². The molecule has 0 amide bonds. The number of hydrogen-bond acceptors (Lipinski definition) is 7. The van der Waals surface area contributed by atoms with Crippen LogP contribution in [0.5, 0.6) is 0 Å². The summed E-state index contributed by atoms with van der Waals surface area (Å²) >= 11 is 2.78. The lowest BCUT2D eigenvalue weighted by Gasteiger charge is -2.26. The molecule has 8 heteroatoms. The number of aromatic nitrogens is 2. The van der Waals surface area contributed by atoms with Crippen molar-refractivity contribution in [3.05, 3.63) is 50.6 Å². The quantitative estimate of drug-likeness (QED) is 0.163. The fraction of sp³-hybridized carbons (Fsp3) is 0.500. The Hall–Kier alpha value is -2.16. The number of unbranched alkanes of at least 4 members (excludes halogenated alkanes) is 2. The second kappa shape index (κ2) is 11.1. The van der Waals surface area contributed by atoms with E-state index in [9.17, 15) is 9.59 Å². The summed E-state index contributed by atoms with van der Waals surface area (Å²) < 4.78 is 13.0. The molecule has 1 aliphatic heterocycles. The number of carbonyl (C=O) groups excluding carboxylic acids is 1. The molecule has 3 heterocycles. The van der Waals surface area contributed by atoms with E-state index in [1.807, 2.05) is 31.2 Å². The Bertz CT molecular complexity index is 1230. The molecule has 0 saturated carbocycles. The Kier molecular flexibility index (Phi) is 8.11. The van der Waals surface area contributed by atoms with Gasteiger partial charge in [-0.15, -0.1) is 11.3 Å². The van der Waals surface area contributed by atoms with Gasteiger partial charge in [0, 0.05) is 11.3 Å². The number of benzene rings is 1. The number of carbonyl (C=O) groups is 1. The molecule has 182 valence electrons. The molecule has 3 aromatic rings. The van der Waals surface area contributed by atoms with Crippen LogP contribution in [0.3, 0.4) is 0 Å². The molecule has 34 heavy (non-hydrogen) atoms. The van der Waals surface area contributed by atoms with E-state index >= 15 is 0 Å². The van der Waals surface area contributed by atoms with E-state index in [0.29, 0.717) is 40.9 Å². The predicted molar refractivity (Wildman–Crippen MR) is 138 cm³/mol. The highest BCUT2D eigenvalue weighted by Crippen LogP contribution is 2.36. The molecule has 0 bridgehead atoms. The lowest BCUT2D eigenvalue weighted by atomic mass is 9.96. The van der Waals surface area contributed by atoms with E-state index in [-0.39, 0.29) is 23.4 Å². The number of nitrogens with zero attached hydrogens (tertiary/aromatic N) is 2. The number of hydrogen-bond donors (Lipinski definition) is 0. The average Bonchev–Trinajstić information content (AvgIpc) is 3.18. The third kappa shape index (κ3) is 5.39. The number of rotatable bonds is 9. The summed E-state index contributed by atoms with van der Waals surface area (Å²) in [4.78, 5) is 32.9. The van der Waals surface area contributed by atoms with Crippen molar-refractivity contribution in [3.8, 4) is 5.69 Å². The highest BCUT2D eigenvalue weighted by Gasteiger charge is 2.29. The van der Waals surface area contributed by atoms with Crippen molar-refractivity contribution in [2.24, 2.45) is 5.92 Å². The number of aryl methyl sites for hydroxylation is 1. The average molecular weight is 501 g/mol. The summed E-state index contributed by atoms with van der Waals surface area (Å²) in [5.41, 5.74) is 2.79. The normalized spacial score (nSPS) is 15.6. The second-order valence-electron chi connectivity index (χ2n) is 9.07. The molecular formula is C26H32N2O4S2. The maximum absolute atomic E-state index is 13.9. The van der Waals surface area contributed by atoms with Crippen LogP contribution >= 0.6 is 23.1 Å². The second-order valence-corrected chi connectivity index (χ2v) is 11.1. The van der Waals surface area contributed by atoms with Crippen LogP contribution in [0.25, 0.3) is 15.9 Å². The van der Waals surface area contributed by atoms with Gasteiger partial charge in [0.2, 0.25) is 0 Å². The zero-order chi connectivity index (χ0) is 24.2. The van der Waals surface area contributed by atoms with Crippen molar-refractivity contribution in [1.82, 2.24) is 9.55 Å². The molecule has 0 aliphatic carbocycles. The Morgan fingerprint density at radius 2 is 2.18 bits per heavy atom. The third-order valence-corrected chi connectivity index (χ3v) is 8.06. The van der Waals surface area contributed by atoms with E-state index in [2.05, 4.69) is 20.8 Å².